The number of likely N-dealkylation sites (tertiary alicyclic amines) is 1. The Balaban J connectivity index is 1.26. The number of piperidine rings is 1. The van der Waals surface area contributed by atoms with Crippen molar-refractivity contribution in [2.24, 2.45) is 0 Å². The van der Waals surface area contributed by atoms with Crippen molar-refractivity contribution in [3.63, 3.8) is 0 Å². The molecule has 1 aliphatic rings. The van der Waals surface area contributed by atoms with Gasteiger partial charge >= 0.3 is 0 Å². The average Bonchev–Trinajstić information content (AvgIpc) is 2.80. The van der Waals surface area contributed by atoms with Crippen LogP contribution in [0.4, 0.5) is 11.5 Å². The number of nitrogens with zero attached hydrogens (tertiary/aromatic N) is 5. The first-order valence-corrected chi connectivity index (χ1v) is 10.9. The zero-order valence-corrected chi connectivity index (χ0v) is 18.3. The smallest absolute Gasteiger partial charge is 0.130 e. The van der Waals surface area contributed by atoms with Gasteiger partial charge in [-0.05, 0) is 57.1 Å². The third-order valence-electron chi connectivity index (χ3n) is 5.65. The zero-order chi connectivity index (χ0) is 21.5. The van der Waals surface area contributed by atoms with Gasteiger partial charge in [-0.3, -0.25) is 9.88 Å². The largest absolute Gasteiger partial charge is 0.384 e. The summed E-state index contributed by atoms with van der Waals surface area (Å²) in [6.45, 7) is 5.66. The lowest BCUT2D eigenvalue weighted by Crippen LogP contribution is -2.32. The normalized spacial score (nSPS) is 15.2. The van der Waals surface area contributed by atoms with Crippen LogP contribution in [0.5, 0.6) is 0 Å². The fraction of sp³-hybridized carbons (Fsp3) is 0.417. The van der Waals surface area contributed by atoms with Crippen LogP contribution in [0.15, 0.2) is 48.9 Å². The molecular weight excluding hydrogens is 388 g/mol. The molecule has 4 rings (SSSR count). The van der Waals surface area contributed by atoms with Gasteiger partial charge in [0, 0.05) is 55.3 Å². The minimum absolute atomic E-state index is 0.509. The Bertz CT molecular complexity index is 953. The molecule has 162 valence electrons. The summed E-state index contributed by atoms with van der Waals surface area (Å²) in [5.41, 5.74) is 4.30. The van der Waals surface area contributed by atoms with Gasteiger partial charge in [0.1, 0.15) is 11.6 Å². The maximum atomic E-state index is 5.08. The second-order valence-electron chi connectivity index (χ2n) is 8.06. The topological polar surface area (TPSA) is 76.1 Å². The molecule has 7 heteroatoms. The Morgan fingerprint density at radius 1 is 1.03 bits per heavy atom. The summed E-state index contributed by atoms with van der Waals surface area (Å²) < 4.78 is 5.08. The molecule has 1 saturated heterocycles. The maximum absolute atomic E-state index is 5.08. The number of hydrogen-bond donors (Lipinski definition) is 1. The number of nitrogens with one attached hydrogen (secondary N) is 1. The number of hydrogen-bond acceptors (Lipinski definition) is 7. The second kappa shape index (κ2) is 10.4. The molecule has 0 aliphatic carbocycles. The fourth-order valence-electron chi connectivity index (χ4n) is 3.91. The molecule has 0 atom stereocenters. The van der Waals surface area contributed by atoms with Crippen LogP contribution >= 0.6 is 0 Å². The van der Waals surface area contributed by atoms with Crippen LogP contribution in [0.1, 0.15) is 41.5 Å². The number of anilines is 2. The third kappa shape index (κ3) is 6.06. The number of rotatable bonds is 8. The van der Waals surface area contributed by atoms with Crippen molar-refractivity contribution >= 4 is 11.5 Å². The van der Waals surface area contributed by atoms with E-state index in [4.69, 9.17) is 9.72 Å². The minimum Gasteiger partial charge on any atom is -0.384 e. The quantitative estimate of drug-likeness (QED) is 0.595. The molecule has 4 heterocycles. The summed E-state index contributed by atoms with van der Waals surface area (Å²) in [5.74, 6) is 2.19. The highest BCUT2D eigenvalue weighted by Gasteiger charge is 2.21. The van der Waals surface area contributed by atoms with Gasteiger partial charge in [0.05, 0.1) is 18.5 Å². The molecule has 3 aromatic heterocycles. The number of pyridine rings is 2. The van der Waals surface area contributed by atoms with Crippen LogP contribution in [0, 0.1) is 6.92 Å². The van der Waals surface area contributed by atoms with E-state index in [1.807, 2.05) is 43.7 Å². The van der Waals surface area contributed by atoms with Crippen LogP contribution in [0.3, 0.4) is 0 Å². The monoisotopic (exact) mass is 418 g/mol. The lowest BCUT2D eigenvalue weighted by Gasteiger charge is -2.31. The summed E-state index contributed by atoms with van der Waals surface area (Å²) >= 11 is 0. The molecule has 31 heavy (non-hydrogen) atoms. The summed E-state index contributed by atoms with van der Waals surface area (Å²) in [6, 6.07) is 10.2. The van der Waals surface area contributed by atoms with Crippen LogP contribution in [0.25, 0.3) is 0 Å². The molecule has 0 unspecified atom stereocenters. The minimum atomic E-state index is 0.509. The third-order valence-corrected chi connectivity index (χ3v) is 5.65. The second-order valence-corrected chi connectivity index (χ2v) is 8.06. The van der Waals surface area contributed by atoms with Crippen molar-refractivity contribution in [1.29, 1.82) is 0 Å². The van der Waals surface area contributed by atoms with E-state index in [0.29, 0.717) is 12.5 Å². The van der Waals surface area contributed by atoms with Crippen molar-refractivity contribution in [2.45, 2.75) is 38.6 Å². The van der Waals surface area contributed by atoms with Crippen molar-refractivity contribution in [2.75, 3.05) is 32.1 Å². The standard InChI is InChI=1S/C24H30N6O/c1-18-4-3-5-24(28-18)29-21-6-7-22(25-16-21)20-8-11-30(12-9-20)17-19-14-26-23(27-15-19)10-13-31-2/h3-7,14-16,20H,8-13,17H2,1-2H3,(H,28,29). The summed E-state index contributed by atoms with van der Waals surface area (Å²) in [7, 11) is 1.70. The number of ether oxygens (including phenoxy) is 1. The molecule has 0 amide bonds. The van der Waals surface area contributed by atoms with E-state index >= 15 is 0 Å². The summed E-state index contributed by atoms with van der Waals surface area (Å²) in [5, 5.41) is 3.32. The van der Waals surface area contributed by atoms with Gasteiger partial charge in [0.15, 0.2) is 0 Å². The first kappa shape index (κ1) is 21.3. The average molecular weight is 419 g/mol. The van der Waals surface area contributed by atoms with E-state index in [2.05, 4.69) is 37.3 Å². The van der Waals surface area contributed by atoms with Gasteiger partial charge in [0.2, 0.25) is 0 Å². The first-order chi connectivity index (χ1) is 15.2. The zero-order valence-electron chi connectivity index (χ0n) is 18.3. The number of methoxy groups -OCH3 is 1. The van der Waals surface area contributed by atoms with E-state index in [0.717, 1.165) is 67.5 Å². The van der Waals surface area contributed by atoms with Gasteiger partial charge < -0.3 is 10.1 Å². The van der Waals surface area contributed by atoms with Gasteiger partial charge in [-0.1, -0.05) is 6.07 Å². The molecule has 0 bridgehead atoms. The Morgan fingerprint density at radius 3 is 2.52 bits per heavy atom. The lowest BCUT2D eigenvalue weighted by atomic mass is 9.93. The van der Waals surface area contributed by atoms with Crippen LogP contribution in [-0.4, -0.2) is 51.6 Å². The van der Waals surface area contributed by atoms with Crippen LogP contribution in [-0.2, 0) is 17.7 Å². The van der Waals surface area contributed by atoms with Crippen LogP contribution in [0.2, 0.25) is 0 Å². The summed E-state index contributed by atoms with van der Waals surface area (Å²) in [6.07, 6.45) is 8.79. The Kier molecular flexibility index (Phi) is 7.17. The van der Waals surface area contributed by atoms with Crippen molar-refractivity contribution in [3.8, 4) is 0 Å². The van der Waals surface area contributed by atoms with Gasteiger partial charge in [0.25, 0.3) is 0 Å². The molecule has 1 N–H and O–H groups in total. The Morgan fingerprint density at radius 2 is 1.84 bits per heavy atom. The molecule has 0 aromatic carbocycles. The fourth-order valence-corrected chi connectivity index (χ4v) is 3.91. The van der Waals surface area contributed by atoms with Gasteiger partial charge in [-0.15, -0.1) is 0 Å². The highest BCUT2D eigenvalue weighted by atomic mass is 16.5. The Labute approximate surface area is 183 Å². The Hall–Kier alpha value is -2.90. The molecule has 1 aliphatic heterocycles. The number of aryl methyl sites for hydroxylation is 1. The molecular formula is C24H30N6O. The van der Waals surface area contributed by atoms with E-state index in [1.54, 1.807) is 7.11 Å². The van der Waals surface area contributed by atoms with E-state index in [1.165, 1.54) is 5.69 Å². The maximum Gasteiger partial charge on any atom is 0.130 e. The summed E-state index contributed by atoms with van der Waals surface area (Å²) in [4.78, 5) is 20.6. The molecule has 0 spiro atoms. The van der Waals surface area contributed by atoms with E-state index in [9.17, 15) is 0 Å². The predicted octanol–water partition coefficient (Wildman–Crippen LogP) is 3.89. The van der Waals surface area contributed by atoms with E-state index < -0.39 is 0 Å². The molecule has 0 saturated carbocycles. The molecule has 0 radical (unpaired) electrons. The van der Waals surface area contributed by atoms with Gasteiger partial charge in [-0.25, -0.2) is 15.0 Å². The highest BCUT2D eigenvalue weighted by molar-refractivity contribution is 5.55. The van der Waals surface area contributed by atoms with Crippen molar-refractivity contribution < 1.29 is 4.74 Å². The van der Waals surface area contributed by atoms with E-state index in [-0.39, 0.29) is 0 Å². The predicted molar refractivity (Wildman–Crippen MR) is 121 cm³/mol. The SMILES string of the molecule is COCCc1ncc(CN2CCC(c3ccc(Nc4cccc(C)n4)cn3)CC2)cn1. The highest BCUT2D eigenvalue weighted by Crippen LogP contribution is 2.28. The first-order valence-electron chi connectivity index (χ1n) is 10.9. The molecule has 3 aromatic rings. The molecule has 1 fully saturated rings. The van der Waals surface area contributed by atoms with Gasteiger partial charge in [-0.2, -0.15) is 0 Å². The van der Waals surface area contributed by atoms with Crippen molar-refractivity contribution in [1.82, 2.24) is 24.8 Å². The number of aromatic nitrogens is 4. The van der Waals surface area contributed by atoms with Crippen molar-refractivity contribution in [3.05, 3.63) is 71.7 Å². The van der Waals surface area contributed by atoms with Crippen LogP contribution < -0.4 is 5.32 Å². The molecule has 7 nitrogen and oxygen atoms in total. The lowest BCUT2D eigenvalue weighted by molar-refractivity contribution is 0.199.